The van der Waals surface area contributed by atoms with E-state index in [1.807, 2.05) is 47.7 Å². The number of thiophene rings is 1. The molecule has 1 aliphatic rings. The molecule has 1 heterocycles. The number of ether oxygens (including phenoxy) is 2. The van der Waals surface area contributed by atoms with Crippen molar-refractivity contribution in [2.45, 2.75) is 24.9 Å². The summed E-state index contributed by atoms with van der Waals surface area (Å²) in [6.45, 7) is 0.309. The first-order chi connectivity index (χ1) is 14.7. The molecule has 1 aromatic heterocycles. The van der Waals surface area contributed by atoms with Crippen LogP contribution in [0.4, 0.5) is 0 Å². The molecule has 0 radical (unpaired) electrons. The molecule has 1 aliphatic carbocycles. The van der Waals surface area contributed by atoms with Gasteiger partial charge in [0.05, 0.1) is 7.11 Å². The zero-order chi connectivity index (χ0) is 20.9. The van der Waals surface area contributed by atoms with Crippen LogP contribution in [0.2, 0.25) is 0 Å². The Morgan fingerprint density at radius 2 is 1.83 bits per heavy atom. The van der Waals surface area contributed by atoms with E-state index in [1.165, 1.54) is 24.7 Å². The number of rotatable bonds is 8. The fourth-order valence-electron chi connectivity index (χ4n) is 3.69. The normalized spacial score (nSPS) is 18.0. The minimum Gasteiger partial charge on any atom is -0.489 e. The lowest BCUT2D eigenvalue weighted by molar-refractivity contribution is -0.132. The van der Waals surface area contributed by atoms with E-state index in [0.717, 1.165) is 17.7 Å². The van der Waals surface area contributed by atoms with Gasteiger partial charge in [-0.2, -0.15) is 0 Å². The third kappa shape index (κ3) is 4.24. The van der Waals surface area contributed by atoms with Gasteiger partial charge in [0.25, 0.3) is 0 Å². The maximum absolute atomic E-state index is 12.2. The van der Waals surface area contributed by atoms with Crippen LogP contribution in [0.5, 0.6) is 5.75 Å². The van der Waals surface area contributed by atoms with Crippen LogP contribution in [0.1, 0.15) is 39.8 Å². The second kappa shape index (κ2) is 9.13. The SMILES string of the molecule is CON=C(C(=O)OC)c1ccccc1COc1ccccc1C1CC1c1cccs1. The van der Waals surface area contributed by atoms with E-state index in [2.05, 4.69) is 34.8 Å². The number of nitrogens with zero attached hydrogens (tertiary/aromatic N) is 1. The second-order valence-electron chi connectivity index (χ2n) is 7.06. The molecule has 0 amide bonds. The molecule has 0 aliphatic heterocycles. The lowest BCUT2D eigenvalue weighted by Crippen LogP contribution is -2.19. The highest BCUT2D eigenvalue weighted by atomic mass is 32.1. The van der Waals surface area contributed by atoms with Crippen LogP contribution in [0.25, 0.3) is 0 Å². The number of carbonyl (C=O) groups excluding carboxylic acids is 1. The van der Waals surface area contributed by atoms with Crippen LogP contribution in [0.15, 0.2) is 71.2 Å². The van der Waals surface area contributed by atoms with Crippen LogP contribution in [0, 0.1) is 0 Å². The van der Waals surface area contributed by atoms with Crippen molar-refractivity contribution < 1.29 is 19.1 Å². The summed E-state index contributed by atoms with van der Waals surface area (Å²) in [7, 11) is 2.72. The van der Waals surface area contributed by atoms with Gasteiger partial charge in [0.1, 0.15) is 19.5 Å². The van der Waals surface area contributed by atoms with Gasteiger partial charge in [-0.25, -0.2) is 4.79 Å². The molecule has 6 heteroatoms. The summed E-state index contributed by atoms with van der Waals surface area (Å²) in [5.74, 6) is 1.37. The summed E-state index contributed by atoms with van der Waals surface area (Å²) in [5.41, 5.74) is 2.81. The highest BCUT2D eigenvalue weighted by Crippen LogP contribution is 2.57. The standard InChI is InChI=1S/C24H23NO4S/c1-27-24(26)23(25-28-2)17-9-4-3-8-16(17)15-29-21-11-6-5-10-18(21)19-14-20(19)22-12-7-13-30-22/h3-13,19-20H,14-15H2,1-2H3. The van der Waals surface area contributed by atoms with Gasteiger partial charge in [-0.05, 0) is 41.0 Å². The summed E-state index contributed by atoms with van der Waals surface area (Å²) in [5, 5.41) is 5.99. The van der Waals surface area contributed by atoms with Gasteiger partial charge in [-0.3, -0.25) is 0 Å². The monoisotopic (exact) mass is 421 g/mol. The summed E-state index contributed by atoms with van der Waals surface area (Å²) in [6.07, 6.45) is 1.14. The minimum atomic E-state index is -0.554. The Hall–Kier alpha value is -3.12. The molecule has 154 valence electrons. The van der Waals surface area contributed by atoms with Gasteiger partial charge < -0.3 is 14.3 Å². The number of hydrogen-bond donors (Lipinski definition) is 0. The summed E-state index contributed by atoms with van der Waals surface area (Å²) >= 11 is 1.81. The third-order valence-corrected chi connectivity index (χ3v) is 6.24. The van der Waals surface area contributed by atoms with Crippen molar-refractivity contribution in [3.05, 3.63) is 87.6 Å². The Morgan fingerprint density at radius 1 is 1.03 bits per heavy atom. The van der Waals surface area contributed by atoms with E-state index in [0.29, 0.717) is 24.0 Å². The van der Waals surface area contributed by atoms with Crippen molar-refractivity contribution in [2.75, 3.05) is 14.2 Å². The predicted octanol–water partition coefficient (Wildman–Crippen LogP) is 5.12. The van der Waals surface area contributed by atoms with E-state index in [9.17, 15) is 4.79 Å². The first-order valence-corrected chi connectivity index (χ1v) is 10.6. The number of oxime groups is 1. The van der Waals surface area contributed by atoms with Crippen molar-refractivity contribution >= 4 is 23.0 Å². The summed E-state index contributed by atoms with van der Waals surface area (Å²) in [4.78, 5) is 18.4. The fraction of sp³-hybridized carbons (Fsp3) is 0.250. The Balaban J connectivity index is 1.54. The number of hydrogen-bond acceptors (Lipinski definition) is 6. The zero-order valence-corrected chi connectivity index (χ0v) is 17.7. The first-order valence-electron chi connectivity index (χ1n) is 9.75. The molecule has 2 atom stereocenters. The molecule has 2 aromatic carbocycles. The number of para-hydroxylation sites is 1. The van der Waals surface area contributed by atoms with Crippen molar-refractivity contribution in [3.63, 3.8) is 0 Å². The molecule has 0 spiro atoms. The highest BCUT2D eigenvalue weighted by Gasteiger charge is 2.41. The lowest BCUT2D eigenvalue weighted by Gasteiger charge is -2.14. The number of benzene rings is 2. The predicted molar refractivity (Wildman–Crippen MR) is 117 cm³/mol. The van der Waals surface area contributed by atoms with E-state index >= 15 is 0 Å². The Morgan fingerprint density at radius 3 is 2.60 bits per heavy atom. The topological polar surface area (TPSA) is 57.1 Å². The number of methoxy groups -OCH3 is 1. The maximum atomic E-state index is 12.2. The minimum absolute atomic E-state index is 0.118. The van der Waals surface area contributed by atoms with Crippen LogP contribution in [0.3, 0.4) is 0 Å². The molecule has 1 saturated carbocycles. The van der Waals surface area contributed by atoms with Crippen LogP contribution < -0.4 is 4.74 Å². The molecule has 0 saturated heterocycles. The van der Waals surface area contributed by atoms with E-state index in [-0.39, 0.29) is 5.71 Å². The van der Waals surface area contributed by atoms with Gasteiger partial charge >= 0.3 is 5.97 Å². The molecule has 5 nitrogen and oxygen atoms in total. The number of carbonyl (C=O) groups is 1. The van der Waals surface area contributed by atoms with Crippen molar-refractivity contribution in [2.24, 2.45) is 5.16 Å². The van der Waals surface area contributed by atoms with Crippen molar-refractivity contribution in [1.29, 1.82) is 0 Å². The fourth-order valence-corrected chi connectivity index (χ4v) is 4.60. The quantitative estimate of drug-likeness (QED) is 0.288. The summed E-state index contributed by atoms with van der Waals surface area (Å²) < 4.78 is 11.1. The molecule has 0 bridgehead atoms. The largest absolute Gasteiger partial charge is 0.489 e. The van der Waals surface area contributed by atoms with Gasteiger partial charge in [0.15, 0.2) is 5.71 Å². The maximum Gasteiger partial charge on any atom is 0.360 e. The first kappa shape index (κ1) is 20.2. The Kier molecular flexibility index (Phi) is 6.14. The van der Waals surface area contributed by atoms with Gasteiger partial charge in [-0.15, -0.1) is 11.3 Å². The summed E-state index contributed by atoms with van der Waals surface area (Å²) in [6, 6.07) is 20.0. The number of esters is 1. The zero-order valence-electron chi connectivity index (χ0n) is 16.9. The highest BCUT2D eigenvalue weighted by molar-refractivity contribution is 7.10. The molecule has 4 rings (SSSR count). The Labute approximate surface area is 179 Å². The van der Waals surface area contributed by atoms with Crippen LogP contribution in [-0.2, 0) is 21.0 Å². The molecule has 30 heavy (non-hydrogen) atoms. The van der Waals surface area contributed by atoms with Gasteiger partial charge in [0.2, 0.25) is 0 Å². The molecule has 1 fully saturated rings. The van der Waals surface area contributed by atoms with E-state index in [1.54, 1.807) is 0 Å². The van der Waals surface area contributed by atoms with Gasteiger partial charge in [0, 0.05) is 16.4 Å². The van der Waals surface area contributed by atoms with Crippen LogP contribution in [-0.4, -0.2) is 25.9 Å². The third-order valence-electron chi connectivity index (χ3n) is 5.23. The van der Waals surface area contributed by atoms with Gasteiger partial charge in [-0.1, -0.05) is 53.7 Å². The average molecular weight is 422 g/mol. The van der Waals surface area contributed by atoms with Crippen molar-refractivity contribution in [1.82, 2.24) is 0 Å². The van der Waals surface area contributed by atoms with E-state index in [4.69, 9.17) is 14.3 Å². The van der Waals surface area contributed by atoms with E-state index < -0.39 is 5.97 Å². The average Bonchev–Trinajstić information content (AvgIpc) is 3.39. The molecular weight excluding hydrogens is 398 g/mol. The molecular formula is C24H23NO4S. The lowest BCUT2D eigenvalue weighted by atomic mass is 10.0. The Bertz CT molecular complexity index is 1040. The molecule has 0 N–H and O–H groups in total. The van der Waals surface area contributed by atoms with Crippen LogP contribution >= 0.6 is 11.3 Å². The smallest absolute Gasteiger partial charge is 0.360 e. The molecule has 3 aromatic rings. The van der Waals surface area contributed by atoms with Crippen molar-refractivity contribution in [3.8, 4) is 5.75 Å². The molecule has 2 unspecified atom stereocenters. The second-order valence-corrected chi connectivity index (χ2v) is 8.04.